The Morgan fingerprint density at radius 1 is 1.26 bits per heavy atom. The van der Waals surface area contributed by atoms with Crippen molar-refractivity contribution in [3.05, 3.63) is 36.5 Å². The Kier molecular flexibility index (Phi) is 4.05. The van der Waals surface area contributed by atoms with Gasteiger partial charge in [0, 0.05) is 30.4 Å². The molecule has 0 amide bonds. The van der Waals surface area contributed by atoms with Crippen molar-refractivity contribution in [2.24, 2.45) is 0 Å². The second-order valence-corrected chi connectivity index (χ2v) is 5.59. The van der Waals surface area contributed by atoms with Crippen molar-refractivity contribution in [3.63, 3.8) is 0 Å². The van der Waals surface area contributed by atoms with Crippen LogP contribution in [-0.4, -0.2) is 23.7 Å². The highest BCUT2D eigenvalue weighted by atomic mass is 16.5. The highest BCUT2D eigenvalue weighted by Crippen LogP contribution is 2.24. The van der Waals surface area contributed by atoms with E-state index in [2.05, 4.69) is 43.2 Å². The van der Waals surface area contributed by atoms with Gasteiger partial charge in [-0.25, -0.2) is 0 Å². The zero-order valence-corrected chi connectivity index (χ0v) is 12.1. The minimum absolute atomic E-state index is 0.116. The lowest BCUT2D eigenvalue weighted by atomic mass is 9.99. The topological polar surface area (TPSA) is 34.1 Å². The summed E-state index contributed by atoms with van der Waals surface area (Å²) in [5.74, 6) is 0. The van der Waals surface area contributed by atoms with Gasteiger partial charge in [0.1, 0.15) is 0 Å². The fourth-order valence-electron chi connectivity index (χ4n) is 2.37. The normalized spacial score (nSPS) is 13.5. The number of aromatic nitrogens is 1. The van der Waals surface area contributed by atoms with Gasteiger partial charge in [0.15, 0.2) is 0 Å². The van der Waals surface area contributed by atoms with Gasteiger partial charge in [-0.2, -0.15) is 0 Å². The van der Waals surface area contributed by atoms with E-state index >= 15 is 0 Å². The summed E-state index contributed by atoms with van der Waals surface area (Å²) in [6.45, 7) is 6.39. The zero-order valence-electron chi connectivity index (χ0n) is 12.1. The first-order valence-corrected chi connectivity index (χ1v) is 6.67. The Labute approximate surface area is 115 Å². The molecule has 2 rings (SSSR count). The highest BCUT2D eigenvalue weighted by Gasteiger charge is 2.20. The summed E-state index contributed by atoms with van der Waals surface area (Å²) < 4.78 is 5.48. The Morgan fingerprint density at radius 2 is 2.05 bits per heavy atom. The standard InChI is InChI=1S/C16H22N2O/c1-12(11-16(2,3)19-4)18-15-9-5-8-14-13(15)7-6-10-17-14/h5-10,12,18H,11H2,1-4H3. The molecule has 0 aliphatic carbocycles. The number of pyridine rings is 1. The van der Waals surface area contributed by atoms with Crippen LogP contribution < -0.4 is 5.32 Å². The molecule has 1 aromatic heterocycles. The number of methoxy groups -OCH3 is 1. The van der Waals surface area contributed by atoms with Crippen LogP contribution in [0.25, 0.3) is 10.9 Å². The Morgan fingerprint density at radius 3 is 2.79 bits per heavy atom. The Hall–Kier alpha value is -1.61. The van der Waals surface area contributed by atoms with Crippen molar-refractivity contribution in [2.75, 3.05) is 12.4 Å². The molecule has 3 nitrogen and oxygen atoms in total. The maximum atomic E-state index is 5.48. The molecule has 19 heavy (non-hydrogen) atoms. The average Bonchev–Trinajstić information content (AvgIpc) is 2.38. The van der Waals surface area contributed by atoms with E-state index in [4.69, 9.17) is 4.74 Å². The maximum Gasteiger partial charge on any atom is 0.0722 e. The highest BCUT2D eigenvalue weighted by molar-refractivity contribution is 5.91. The largest absolute Gasteiger partial charge is 0.382 e. The van der Waals surface area contributed by atoms with E-state index in [1.165, 1.54) is 0 Å². The monoisotopic (exact) mass is 258 g/mol. The van der Waals surface area contributed by atoms with Crippen molar-refractivity contribution in [1.82, 2.24) is 4.98 Å². The minimum atomic E-state index is -0.116. The number of benzene rings is 1. The van der Waals surface area contributed by atoms with E-state index in [-0.39, 0.29) is 5.60 Å². The van der Waals surface area contributed by atoms with Crippen molar-refractivity contribution in [3.8, 4) is 0 Å². The molecule has 0 fully saturated rings. The lowest BCUT2D eigenvalue weighted by molar-refractivity contribution is 0.0128. The van der Waals surface area contributed by atoms with E-state index in [0.29, 0.717) is 6.04 Å². The summed E-state index contributed by atoms with van der Waals surface area (Å²) in [7, 11) is 1.76. The summed E-state index contributed by atoms with van der Waals surface area (Å²) in [5.41, 5.74) is 2.03. The average molecular weight is 258 g/mol. The quantitative estimate of drug-likeness (QED) is 0.884. The number of hydrogen-bond acceptors (Lipinski definition) is 3. The van der Waals surface area contributed by atoms with Crippen LogP contribution in [0.5, 0.6) is 0 Å². The third kappa shape index (κ3) is 3.44. The van der Waals surface area contributed by atoms with Crippen LogP contribution in [0.3, 0.4) is 0 Å². The molecule has 0 radical (unpaired) electrons. The molecule has 0 spiro atoms. The summed E-state index contributed by atoms with van der Waals surface area (Å²) in [4.78, 5) is 4.38. The first-order valence-electron chi connectivity index (χ1n) is 6.67. The molecule has 0 bridgehead atoms. The predicted octanol–water partition coefficient (Wildman–Crippen LogP) is 3.85. The van der Waals surface area contributed by atoms with Crippen molar-refractivity contribution in [1.29, 1.82) is 0 Å². The van der Waals surface area contributed by atoms with Crippen molar-refractivity contribution >= 4 is 16.6 Å². The van der Waals surface area contributed by atoms with Gasteiger partial charge in [-0.05, 0) is 51.5 Å². The molecular weight excluding hydrogens is 236 g/mol. The molecule has 2 aromatic rings. The number of ether oxygens (including phenoxy) is 1. The fourth-order valence-corrected chi connectivity index (χ4v) is 2.37. The fraction of sp³-hybridized carbons (Fsp3) is 0.438. The van der Waals surface area contributed by atoms with E-state index in [1.807, 2.05) is 24.4 Å². The molecule has 1 atom stereocenters. The first kappa shape index (κ1) is 13.8. The third-order valence-electron chi connectivity index (χ3n) is 3.40. The second-order valence-electron chi connectivity index (χ2n) is 5.59. The van der Waals surface area contributed by atoms with Gasteiger partial charge in [-0.1, -0.05) is 6.07 Å². The van der Waals surface area contributed by atoms with Crippen LogP contribution in [0.2, 0.25) is 0 Å². The van der Waals surface area contributed by atoms with Crippen LogP contribution in [0.15, 0.2) is 36.5 Å². The molecule has 0 saturated heterocycles. The SMILES string of the molecule is COC(C)(C)CC(C)Nc1cccc2ncccc12. The Bertz CT molecular complexity index is 546. The van der Waals surface area contributed by atoms with Crippen molar-refractivity contribution in [2.45, 2.75) is 38.8 Å². The lowest BCUT2D eigenvalue weighted by Gasteiger charge is -2.27. The molecule has 1 N–H and O–H groups in total. The zero-order chi connectivity index (χ0) is 13.9. The van der Waals surface area contributed by atoms with Crippen molar-refractivity contribution < 1.29 is 4.74 Å². The van der Waals surface area contributed by atoms with Gasteiger partial charge >= 0.3 is 0 Å². The first-order chi connectivity index (χ1) is 9.02. The van der Waals surface area contributed by atoms with Gasteiger partial charge in [0.2, 0.25) is 0 Å². The van der Waals surface area contributed by atoms with E-state index in [1.54, 1.807) is 7.11 Å². The third-order valence-corrected chi connectivity index (χ3v) is 3.40. The molecule has 102 valence electrons. The molecule has 1 unspecified atom stereocenters. The molecular formula is C16H22N2O. The van der Waals surface area contributed by atoms with Gasteiger partial charge in [-0.15, -0.1) is 0 Å². The number of nitrogens with zero attached hydrogens (tertiary/aromatic N) is 1. The molecule has 1 aromatic carbocycles. The number of nitrogens with one attached hydrogen (secondary N) is 1. The summed E-state index contributed by atoms with van der Waals surface area (Å²) in [6, 6.07) is 10.6. The number of rotatable bonds is 5. The summed E-state index contributed by atoms with van der Waals surface area (Å²) in [6.07, 6.45) is 2.77. The van der Waals surface area contributed by atoms with E-state index < -0.39 is 0 Å². The lowest BCUT2D eigenvalue weighted by Crippen LogP contribution is -2.31. The second kappa shape index (κ2) is 5.57. The van der Waals surface area contributed by atoms with E-state index in [0.717, 1.165) is 23.0 Å². The number of anilines is 1. The summed E-state index contributed by atoms with van der Waals surface area (Å²) in [5, 5.41) is 4.71. The molecule has 3 heteroatoms. The number of hydrogen-bond donors (Lipinski definition) is 1. The van der Waals surface area contributed by atoms with Gasteiger partial charge < -0.3 is 10.1 Å². The van der Waals surface area contributed by atoms with Crippen LogP contribution in [-0.2, 0) is 4.74 Å². The van der Waals surface area contributed by atoms with Crippen LogP contribution in [0.1, 0.15) is 27.2 Å². The maximum absolute atomic E-state index is 5.48. The molecule has 1 heterocycles. The molecule has 0 saturated carbocycles. The van der Waals surface area contributed by atoms with Crippen LogP contribution in [0.4, 0.5) is 5.69 Å². The number of fused-ring (bicyclic) bond motifs is 1. The Balaban J connectivity index is 2.17. The van der Waals surface area contributed by atoms with Gasteiger partial charge in [0.05, 0.1) is 11.1 Å². The summed E-state index contributed by atoms with van der Waals surface area (Å²) >= 11 is 0. The predicted molar refractivity (Wildman–Crippen MR) is 80.5 cm³/mol. The molecule has 0 aliphatic heterocycles. The van der Waals surface area contributed by atoms with Gasteiger partial charge in [0.25, 0.3) is 0 Å². The minimum Gasteiger partial charge on any atom is -0.382 e. The smallest absolute Gasteiger partial charge is 0.0722 e. The van der Waals surface area contributed by atoms with Gasteiger partial charge in [-0.3, -0.25) is 4.98 Å². The van der Waals surface area contributed by atoms with E-state index in [9.17, 15) is 0 Å². The van der Waals surface area contributed by atoms with Crippen LogP contribution in [0, 0.1) is 0 Å². The molecule has 0 aliphatic rings. The van der Waals surface area contributed by atoms with Crippen LogP contribution >= 0.6 is 0 Å².